The van der Waals surface area contributed by atoms with Gasteiger partial charge in [0.1, 0.15) is 5.82 Å². The highest BCUT2D eigenvalue weighted by Crippen LogP contribution is 2.10. The Hall–Kier alpha value is -3.10. The summed E-state index contributed by atoms with van der Waals surface area (Å²) in [5, 5.41) is 14.4. The van der Waals surface area contributed by atoms with E-state index in [1.54, 1.807) is 19.1 Å². The van der Waals surface area contributed by atoms with E-state index in [2.05, 4.69) is 25.5 Å². The molecule has 0 fully saturated rings. The number of aryl methyl sites for hydroxylation is 1. The van der Waals surface area contributed by atoms with Gasteiger partial charge in [-0.2, -0.15) is 20.1 Å². The van der Waals surface area contributed by atoms with Gasteiger partial charge < -0.3 is 5.73 Å². The van der Waals surface area contributed by atoms with Crippen LogP contribution in [0, 0.1) is 17.0 Å². The van der Waals surface area contributed by atoms with Gasteiger partial charge in [0, 0.05) is 12.1 Å². The minimum atomic E-state index is -0.463. The molecule has 0 aliphatic rings. The van der Waals surface area contributed by atoms with Crippen molar-refractivity contribution >= 4 is 23.8 Å². The Morgan fingerprint density at radius 3 is 2.60 bits per heavy atom. The lowest BCUT2D eigenvalue weighted by Crippen LogP contribution is -2.04. The topological polar surface area (TPSA) is 132 Å². The number of nitrogens with one attached hydrogen (secondary N) is 1. The summed E-state index contributed by atoms with van der Waals surface area (Å²) in [4.78, 5) is 21.7. The first-order chi connectivity index (χ1) is 9.54. The maximum absolute atomic E-state index is 10.5. The fourth-order valence-electron chi connectivity index (χ4n) is 1.40. The van der Waals surface area contributed by atoms with Crippen LogP contribution in [0.2, 0.25) is 0 Å². The van der Waals surface area contributed by atoms with Crippen molar-refractivity contribution in [2.24, 2.45) is 5.10 Å². The molecule has 102 valence electrons. The Kier molecular flexibility index (Phi) is 3.80. The number of nitro benzene ring substituents is 1. The van der Waals surface area contributed by atoms with E-state index in [1.165, 1.54) is 18.3 Å². The van der Waals surface area contributed by atoms with Crippen molar-refractivity contribution in [3.63, 3.8) is 0 Å². The highest BCUT2D eigenvalue weighted by Gasteiger charge is 2.02. The highest BCUT2D eigenvalue weighted by molar-refractivity contribution is 5.80. The maximum atomic E-state index is 10.5. The molecule has 1 heterocycles. The number of hydrogen-bond donors (Lipinski definition) is 2. The Morgan fingerprint density at radius 2 is 2.00 bits per heavy atom. The minimum absolute atomic E-state index is 0.0241. The molecule has 0 saturated heterocycles. The molecule has 0 amide bonds. The van der Waals surface area contributed by atoms with Gasteiger partial charge in [-0.15, -0.1) is 0 Å². The standard InChI is InChI=1S/C11H11N7O2/c1-7-14-10(12)16-11(15-7)17-13-6-8-2-4-9(5-3-8)18(19)20/h2-6H,1H3,(H3,12,14,15,16,17). The zero-order valence-corrected chi connectivity index (χ0v) is 10.5. The lowest BCUT2D eigenvalue weighted by atomic mass is 10.2. The van der Waals surface area contributed by atoms with E-state index < -0.39 is 4.92 Å². The van der Waals surface area contributed by atoms with Gasteiger partial charge in [-0.3, -0.25) is 10.1 Å². The van der Waals surface area contributed by atoms with E-state index in [4.69, 9.17) is 5.73 Å². The summed E-state index contributed by atoms with van der Waals surface area (Å²) in [6.07, 6.45) is 1.49. The van der Waals surface area contributed by atoms with Gasteiger partial charge in [0.2, 0.25) is 11.9 Å². The molecule has 0 aliphatic heterocycles. The molecule has 9 nitrogen and oxygen atoms in total. The average molecular weight is 273 g/mol. The minimum Gasteiger partial charge on any atom is -0.368 e. The molecule has 2 aromatic rings. The number of aromatic nitrogens is 3. The number of nitrogens with zero attached hydrogens (tertiary/aromatic N) is 5. The number of nitro groups is 1. The second-order valence-electron chi connectivity index (χ2n) is 3.78. The fraction of sp³-hybridized carbons (Fsp3) is 0.0909. The molecule has 9 heteroatoms. The lowest BCUT2D eigenvalue weighted by molar-refractivity contribution is -0.384. The number of nitrogen functional groups attached to an aromatic ring is 1. The van der Waals surface area contributed by atoms with Crippen molar-refractivity contribution in [1.29, 1.82) is 0 Å². The van der Waals surface area contributed by atoms with Gasteiger partial charge in [0.15, 0.2) is 0 Å². The van der Waals surface area contributed by atoms with E-state index in [0.717, 1.165) is 0 Å². The summed E-state index contributed by atoms with van der Waals surface area (Å²) >= 11 is 0. The number of anilines is 2. The van der Waals surface area contributed by atoms with Crippen LogP contribution in [0.15, 0.2) is 29.4 Å². The monoisotopic (exact) mass is 273 g/mol. The van der Waals surface area contributed by atoms with Gasteiger partial charge >= 0.3 is 0 Å². The molecule has 0 radical (unpaired) electrons. The van der Waals surface area contributed by atoms with Crippen molar-refractivity contribution in [3.8, 4) is 0 Å². The highest BCUT2D eigenvalue weighted by atomic mass is 16.6. The van der Waals surface area contributed by atoms with Crippen molar-refractivity contribution < 1.29 is 4.92 Å². The van der Waals surface area contributed by atoms with Gasteiger partial charge in [0.05, 0.1) is 11.1 Å². The SMILES string of the molecule is Cc1nc(N)nc(NN=Cc2ccc([N+](=O)[O-])cc2)n1. The molecule has 0 bridgehead atoms. The second kappa shape index (κ2) is 5.69. The molecule has 0 aliphatic carbocycles. The molecule has 0 saturated carbocycles. The average Bonchev–Trinajstić information content (AvgIpc) is 2.38. The van der Waals surface area contributed by atoms with Gasteiger partial charge in [-0.05, 0) is 24.6 Å². The molecule has 20 heavy (non-hydrogen) atoms. The molecule has 3 N–H and O–H groups in total. The van der Waals surface area contributed by atoms with Crippen LogP contribution in [0.25, 0.3) is 0 Å². The molecular weight excluding hydrogens is 262 g/mol. The van der Waals surface area contributed by atoms with Crippen LogP contribution in [0.5, 0.6) is 0 Å². The predicted molar refractivity (Wildman–Crippen MR) is 73.3 cm³/mol. The Bertz CT molecular complexity index is 634. The Balaban J connectivity index is 2.04. The van der Waals surface area contributed by atoms with E-state index in [0.29, 0.717) is 11.4 Å². The van der Waals surface area contributed by atoms with Crippen molar-refractivity contribution in [3.05, 3.63) is 45.8 Å². The summed E-state index contributed by atoms with van der Waals surface area (Å²) in [6.45, 7) is 1.68. The van der Waals surface area contributed by atoms with Crippen LogP contribution in [0.4, 0.5) is 17.6 Å². The molecule has 2 rings (SSSR count). The van der Waals surface area contributed by atoms with Gasteiger partial charge in [0.25, 0.3) is 5.69 Å². The second-order valence-corrected chi connectivity index (χ2v) is 3.78. The smallest absolute Gasteiger partial charge is 0.269 e. The van der Waals surface area contributed by atoms with Crippen molar-refractivity contribution in [2.75, 3.05) is 11.2 Å². The predicted octanol–water partition coefficient (Wildman–Crippen LogP) is 1.12. The molecule has 0 atom stereocenters. The maximum Gasteiger partial charge on any atom is 0.269 e. The first-order valence-corrected chi connectivity index (χ1v) is 5.56. The Morgan fingerprint density at radius 1 is 1.30 bits per heavy atom. The van der Waals surface area contributed by atoms with E-state index in [9.17, 15) is 10.1 Å². The third-order valence-corrected chi connectivity index (χ3v) is 2.25. The van der Waals surface area contributed by atoms with E-state index in [1.807, 2.05) is 0 Å². The number of hydrogen-bond acceptors (Lipinski definition) is 8. The first kappa shape index (κ1) is 13.3. The van der Waals surface area contributed by atoms with Crippen LogP contribution in [-0.2, 0) is 0 Å². The summed E-state index contributed by atoms with van der Waals surface area (Å²) in [7, 11) is 0. The summed E-state index contributed by atoms with van der Waals surface area (Å²) in [5.41, 5.74) is 8.80. The summed E-state index contributed by atoms with van der Waals surface area (Å²) < 4.78 is 0. The van der Waals surface area contributed by atoms with Crippen LogP contribution in [0.3, 0.4) is 0 Å². The van der Waals surface area contributed by atoms with Crippen molar-refractivity contribution in [1.82, 2.24) is 15.0 Å². The first-order valence-electron chi connectivity index (χ1n) is 5.56. The zero-order valence-electron chi connectivity index (χ0n) is 10.5. The number of rotatable bonds is 4. The van der Waals surface area contributed by atoms with Crippen LogP contribution in [0.1, 0.15) is 11.4 Å². The number of non-ortho nitro benzene ring substituents is 1. The fourth-order valence-corrected chi connectivity index (χ4v) is 1.40. The summed E-state index contributed by atoms with van der Waals surface area (Å²) in [6, 6.07) is 5.95. The largest absolute Gasteiger partial charge is 0.368 e. The number of benzene rings is 1. The molecular formula is C11H11N7O2. The molecule has 0 unspecified atom stereocenters. The van der Waals surface area contributed by atoms with Crippen LogP contribution < -0.4 is 11.2 Å². The third-order valence-electron chi connectivity index (χ3n) is 2.25. The molecule has 1 aromatic carbocycles. The summed E-state index contributed by atoms with van der Waals surface area (Å²) in [5.74, 6) is 0.809. The molecule has 0 spiro atoms. The van der Waals surface area contributed by atoms with E-state index in [-0.39, 0.29) is 17.6 Å². The Labute approximate surface area is 113 Å². The van der Waals surface area contributed by atoms with Gasteiger partial charge in [-0.25, -0.2) is 5.43 Å². The van der Waals surface area contributed by atoms with Crippen LogP contribution in [-0.4, -0.2) is 26.1 Å². The normalized spacial score (nSPS) is 10.7. The van der Waals surface area contributed by atoms with Gasteiger partial charge in [-0.1, -0.05) is 0 Å². The number of hydrazone groups is 1. The van der Waals surface area contributed by atoms with Crippen molar-refractivity contribution in [2.45, 2.75) is 6.92 Å². The quantitative estimate of drug-likeness (QED) is 0.484. The zero-order chi connectivity index (χ0) is 14.5. The lowest BCUT2D eigenvalue weighted by Gasteiger charge is -2.00. The van der Waals surface area contributed by atoms with Crippen LogP contribution >= 0.6 is 0 Å². The molecule has 1 aromatic heterocycles. The van der Waals surface area contributed by atoms with E-state index >= 15 is 0 Å². The third kappa shape index (κ3) is 3.45. The number of nitrogens with two attached hydrogens (primary N) is 1.